The minimum Gasteiger partial charge on any atom is -0.451 e. The molecule has 7 heteroatoms. The third kappa shape index (κ3) is 2.18. The summed E-state index contributed by atoms with van der Waals surface area (Å²) in [6, 6.07) is 7.12. The summed E-state index contributed by atoms with van der Waals surface area (Å²) in [4.78, 5) is 21.0. The molecule has 2 rings (SSSR count). The van der Waals surface area contributed by atoms with Crippen LogP contribution in [0.5, 0.6) is 0 Å². The molecular formula is C11H7ClN2O4. The maximum absolute atomic E-state index is 10.9. The van der Waals surface area contributed by atoms with E-state index in [0.717, 1.165) is 0 Å². The van der Waals surface area contributed by atoms with Crippen LogP contribution in [0.25, 0.3) is 11.3 Å². The molecule has 0 atom stereocenters. The zero-order valence-electron chi connectivity index (χ0n) is 8.92. The van der Waals surface area contributed by atoms with Gasteiger partial charge in [-0.15, -0.1) is 0 Å². The molecule has 0 radical (unpaired) electrons. The van der Waals surface area contributed by atoms with E-state index in [4.69, 9.17) is 21.8 Å². The Morgan fingerprint density at radius 1 is 1.33 bits per heavy atom. The summed E-state index contributed by atoms with van der Waals surface area (Å²) in [6.07, 6.45) is 0. The van der Waals surface area contributed by atoms with Crippen LogP contribution in [0.3, 0.4) is 0 Å². The number of hydrogen-bond donors (Lipinski definition) is 1. The monoisotopic (exact) mass is 266 g/mol. The van der Waals surface area contributed by atoms with Gasteiger partial charge in [-0.25, -0.2) is 0 Å². The fourth-order valence-electron chi connectivity index (χ4n) is 1.43. The number of rotatable bonds is 3. The molecule has 92 valence electrons. The van der Waals surface area contributed by atoms with Gasteiger partial charge in [0, 0.05) is 11.6 Å². The van der Waals surface area contributed by atoms with Crippen LogP contribution in [0.4, 0.5) is 5.69 Å². The van der Waals surface area contributed by atoms with Gasteiger partial charge in [0.2, 0.25) is 0 Å². The van der Waals surface area contributed by atoms with Crippen LogP contribution >= 0.6 is 11.6 Å². The number of nitrogens with zero attached hydrogens (tertiary/aromatic N) is 1. The van der Waals surface area contributed by atoms with Crippen molar-refractivity contribution < 1.29 is 14.1 Å². The molecule has 0 aliphatic heterocycles. The van der Waals surface area contributed by atoms with Gasteiger partial charge >= 0.3 is 0 Å². The van der Waals surface area contributed by atoms with E-state index in [1.165, 1.54) is 24.3 Å². The highest BCUT2D eigenvalue weighted by Crippen LogP contribution is 2.31. The van der Waals surface area contributed by atoms with Crippen molar-refractivity contribution in [1.29, 1.82) is 0 Å². The second kappa shape index (κ2) is 4.50. The third-order valence-corrected chi connectivity index (χ3v) is 2.60. The number of amides is 1. The van der Waals surface area contributed by atoms with Crippen molar-refractivity contribution in [3.05, 3.63) is 51.2 Å². The van der Waals surface area contributed by atoms with Crippen LogP contribution in [0, 0.1) is 10.1 Å². The first-order valence-corrected chi connectivity index (χ1v) is 5.21. The molecule has 2 aromatic rings. The summed E-state index contributed by atoms with van der Waals surface area (Å²) in [5.74, 6) is -0.407. The van der Waals surface area contributed by atoms with Gasteiger partial charge in [-0.2, -0.15) is 0 Å². The van der Waals surface area contributed by atoms with E-state index >= 15 is 0 Å². The normalized spacial score (nSPS) is 10.3. The van der Waals surface area contributed by atoms with E-state index < -0.39 is 10.8 Å². The molecule has 6 nitrogen and oxygen atoms in total. The fourth-order valence-corrected chi connectivity index (χ4v) is 1.62. The Balaban J connectivity index is 2.47. The summed E-state index contributed by atoms with van der Waals surface area (Å²) >= 11 is 5.69. The average molecular weight is 267 g/mol. The van der Waals surface area contributed by atoms with E-state index in [2.05, 4.69) is 0 Å². The number of nitro groups is 1. The Hall–Kier alpha value is -2.34. The van der Waals surface area contributed by atoms with Gasteiger partial charge in [0.15, 0.2) is 5.76 Å². The maximum atomic E-state index is 10.9. The molecule has 0 saturated heterocycles. The number of carbonyl (C=O) groups is 1. The molecule has 2 N–H and O–H groups in total. The molecular weight excluding hydrogens is 260 g/mol. The van der Waals surface area contributed by atoms with Crippen LogP contribution < -0.4 is 5.73 Å². The molecule has 0 aliphatic rings. The number of carbonyl (C=O) groups excluding carboxylic acids is 1. The van der Waals surface area contributed by atoms with Crippen LogP contribution in [0.15, 0.2) is 34.7 Å². The quantitative estimate of drug-likeness (QED) is 0.681. The summed E-state index contributed by atoms with van der Waals surface area (Å²) in [7, 11) is 0. The van der Waals surface area contributed by atoms with Crippen LogP contribution in [-0.2, 0) is 0 Å². The van der Waals surface area contributed by atoms with Gasteiger partial charge in [0.05, 0.1) is 4.92 Å². The predicted octanol–water partition coefficient (Wildman–Crippen LogP) is 2.61. The lowest BCUT2D eigenvalue weighted by Gasteiger charge is -1.99. The van der Waals surface area contributed by atoms with E-state index in [9.17, 15) is 14.9 Å². The minimum atomic E-state index is -0.704. The number of nitrogens with two attached hydrogens (primary N) is 1. The Bertz CT molecular complexity index is 636. The van der Waals surface area contributed by atoms with Gasteiger partial charge in [-0.05, 0) is 24.3 Å². The van der Waals surface area contributed by atoms with Gasteiger partial charge in [-0.3, -0.25) is 14.9 Å². The first-order valence-electron chi connectivity index (χ1n) is 4.83. The van der Waals surface area contributed by atoms with Gasteiger partial charge < -0.3 is 10.2 Å². The molecule has 18 heavy (non-hydrogen) atoms. The predicted molar refractivity (Wildman–Crippen MR) is 64.3 cm³/mol. The van der Waals surface area contributed by atoms with Crippen molar-refractivity contribution in [2.45, 2.75) is 0 Å². The van der Waals surface area contributed by atoms with E-state index in [1.807, 2.05) is 0 Å². The molecule has 1 aromatic carbocycles. The zero-order valence-corrected chi connectivity index (χ0v) is 9.68. The van der Waals surface area contributed by atoms with Gasteiger partial charge in [-0.1, -0.05) is 11.6 Å². The maximum Gasteiger partial charge on any atom is 0.288 e. The number of primary amides is 1. The molecule has 0 spiro atoms. The average Bonchev–Trinajstić information content (AvgIpc) is 2.78. The van der Waals surface area contributed by atoms with Crippen LogP contribution in [0.1, 0.15) is 10.6 Å². The van der Waals surface area contributed by atoms with Crippen molar-refractivity contribution in [2.24, 2.45) is 5.73 Å². The van der Waals surface area contributed by atoms with Crippen molar-refractivity contribution >= 4 is 23.2 Å². The Labute approximate surface area is 106 Å². The topological polar surface area (TPSA) is 99.4 Å². The van der Waals surface area contributed by atoms with Crippen molar-refractivity contribution in [3.63, 3.8) is 0 Å². The van der Waals surface area contributed by atoms with E-state index in [0.29, 0.717) is 11.3 Å². The zero-order chi connectivity index (χ0) is 13.3. The Morgan fingerprint density at radius 3 is 2.61 bits per heavy atom. The van der Waals surface area contributed by atoms with Gasteiger partial charge in [0.1, 0.15) is 10.8 Å². The molecule has 1 amide bonds. The Kier molecular flexibility index (Phi) is 3.03. The lowest BCUT2D eigenvalue weighted by molar-refractivity contribution is -0.384. The molecule has 0 saturated carbocycles. The standard InChI is InChI=1S/C11H7ClN2O4/c12-7-2-1-6(5-8(7)14(16)17)9-3-4-10(18-9)11(13)15/h1-5H,(H2,13,15). The fraction of sp³-hybridized carbons (Fsp3) is 0. The molecule has 0 unspecified atom stereocenters. The second-order valence-electron chi connectivity index (χ2n) is 3.45. The SMILES string of the molecule is NC(=O)c1ccc(-c2ccc(Cl)c([N+](=O)[O-])c2)o1. The van der Waals surface area contributed by atoms with Gasteiger partial charge in [0.25, 0.3) is 11.6 Å². The highest BCUT2D eigenvalue weighted by molar-refractivity contribution is 6.32. The molecule has 0 aliphatic carbocycles. The van der Waals surface area contributed by atoms with Crippen LogP contribution in [-0.4, -0.2) is 10.8 Å². The first kappa shape index (κ1) is 12.1. The molecule has 1 heterocycles. The minimum absolute atomic E-state index is 0.0115. The summed E-state index contributed by atoms with van der Waals surface area (Å²) < 4.78 is 5.17. The number of nitro benzene ring substituents is 1. The van der Waals surface area contributed by atoms with Crippen LogP contribution in [0.2, 0.25) is 5.02 Å². The first-order chi connectivity index (χ1) is 8.49. The summed E-state index contributed by atoms with van der Waals surface area (Å²) in [5, 5.41) is 10.8. The lowest BCUT2D eigenvalue weighted by Crippen LogP contribution is -2.09. The van der Waals surface area contributed by atoms with Crippen molar-refractivity contribution in [3.8, 4) is 11.3 Å². The third-order valence-electron chi connectivity index (χ3n) is 2.28. The molecule has 1 aromatic heterocycles. The summed E-state index contributed by atoms with van der Waals surface area (Å²) in [5.41, 5.74) is 5.26. The molecule has 0 fully saturated rings. The van der Waals surface area contributed by atoms with E-state index in [1.54, 1.807) is 6.07 Å². The second-order valence-corrected chi connectivity index (χ2v) is 3.86. The van der Waals surface area contributed by atoms with E-state index in [-0.39, 0.29) is 16.5 Å². The largest absolute Gasteiger partial charge is 0.451 e. The van der Waals surface area contributed by atoms with Crippen molar-refractivity contribution in [2.75, 3.05) is 0 Å². The molecule has 0 bridgehead atoms. The number of benzene rings is 1. The number of halogens is 1. The number of hydrogen-bond acceptors (Lipinski definition) is 4. The highest BCUT2D eigenvalue weighted by atomic mass is 35.5. The highest BCUT2D eigenvalue weighted by Gasteiger charge is 2.16. The van der Waals surface area contributed by atoms with Crippen molar-refractivity contribution in [1.82, 2.24) is 0 Å². The smallest absolute Gasteiger partial charge is 0.288 e. The lowest BCUT2D eigenvalue weighted by atomic mass is 10.1. The summed E-state index contributed by atoms with van der Waals surface area (Å²) in [6.45, 7) is 0. The Morgan fingerprint density at radius 2 is 2.06 bits per heavy atom. The number of furan rings is 1.